The van der Waals surface area contributed by atoms with E-state index in [4.69, 9.17) is 0 Å². The molecule has 0 aliphatic heterocycles. The summed E-state index contributed by atoms with van der Waals surface area (Å²) in [4.78, 5) is 12.8. The maximum absolute atomic E-state index is 12.8. The van der Waals surface area contributed by atoms with Crippen LogP contribution in [0.1, 0.15) is 73.5 Å². The highest BCUT2D eigenvalue weighted by atomic mass is 16.1. The third kappa shape index (κ3) is 4.63. The fourth-order valence-corrected chi connectivity index (χ4v) is 4.30. The predicted molar refractivity (Wildman–Crippen MR) is 113 cm³/mol. The maximum Gasteiger partial charge on any atom is 0.253 e. The lowest BCUT2D eigenvalue weighted by atomic mass is 9.89. The SMILES string of the molecule is CCCCNC(=O)c1cc(-c2ccccc2C)n(CC2CCCCC2)c1C. The number of aryl methyl sites for hydroxylation is 1. The van der Waals surface area contributed by atoms with Crippen molar-refractivity contribution in [1.82, 2.24) is 9.88 Å². The lowest BCUT2D eigenvalue weighted by Gasteiger charge is -2.24. The van der Waals surface area contributed by atoms with Gasteiger partial charge in [-0.1, -0.05) is 56.9 Å². The highest BCUT2D eigenvalue weighted by molar-refractivity contribution is 5.97. The molecule has 1 aromatic heterocycles. The standard InChI is InChI=1S/C24H34N2O/c1-4-5-15-25-24(27)22-16-23(21-14-10-9-11-18(21)2)26(19(22)3)17-20-12-7-6-8-13-20/h9-11,14,16,20H,4-8,12-13,15,17H2,1-3H3,(H,25,27). The number of aromatic nitrogens is 1. The summed E-state index contributed by atoms with van der Waals surface area (Å²) in [6.45, 7) is 8.19. The van der Waals surface area contributed by atoms with Gasteiger partial charge in [0.1, 0.15) is 0 Å². The third-order valence-corrected chi connectivity index (χ3v) is 6.01. The molecule has 0 atom stereocenters. The van der Waals surface area contributed by atoms with Gasteiger partial charge in [-0.25, -0.2) is 0 Å². The molecule has 3 rings (SSSR count). The van der Waals surface area contributed by atoms with Crippen LogP contribution in [-0.4, -0.2) is 17.0 Å². The first-order valence-corrected chi connectivity index (χ1v) is 10.7. The maximum atomic E-state index is 12.8. The Kier molecular flexibility index (Phi) is 6.76. The van der Waals surface area contributed by atoms with Gasteiger partial charge in [0.2, 0.25) is 0 Å². The average molecular weight is 367 g/mol. The van der Waals surface area contributed by atoms with Gasteiger partial charge in [-0.2, -0.15) is 0 Å². The number of carbonyl (C=O) groups is 1. The van der Waals surface area contributed by atoms with Crippen molar-refractivity contribution in [1.29, 1.82) is 0 Å². The van der Waals surface area contributed by atoms with Crippen LogP contribution in [0, 0.1) is 19.8 Å². The van der Waals surface area contributed by atoms with Crippen LogP contribution in [0.2, 0.25) is 0 Å². The van der Waals surface area contributed by atoms with Crippen LogP contribution in [-0.2, 0) is 6.54 Å². The number of rotatable bonds is 7. The van der Waals surface area contributed by atoms with E-state index in [1.807, 2.05) is 0 Å². The van der Waals surface area contributed by atoms with E-state index in [1.54, 1.807) is 0 Å². The van der Waals surface area contributed by atoms with Crippen molar-refractivity contribution in [3.05, 3.63) is 47.2 Å². The lowest BCUT2D eigenvalue weighted by Crippen LogP contribution is -2.25. The highest BCUT2D eigenvalue weighted by Gasteiger charge is 2.22. The second kappa shape index (κ2) is 9.25. The fourth-order valence-electron chi connectivity index (χ4n) is 4.30. The quantitative estimate of drug-likeness (QED) is 0.610. The zero-order chi connectivity index (χ0) is 19.2. The Morgan fingerprint density at radius 2 is 1.89 bits per heavy atom. The van der Waals surface area contributed by atoms with Crippen LogP contribution in [0.15, 0.2) is 30.3 Å². The monoisotopic (exact) mass is 366 g/mol. The molecule has 27 heavy (non-hydrogen) atoms. The second-order valence-electron chi connectivity index (χ2n) is 8.07. The van der Waals surface area contributed by atoms with Crippen molar-refractivity contribution in [3.63, 3.8) is 0 Å². The van der Waals surface area contributed by atoms with E-state index in [1.165, 1.54) is 48.9 Å². The molecule has 3 nitrogen and oxygen atoms in total. The Bertz CT molecular complexity index is 769. The molecule has 1 aromatic carbocycles. The van der Waals surface area contributed by atoms with Crippen molar-refractivity contribution in [3.8, 4) is 11.3 Å². The molecule has 1 heterocycles. The van der Waals surface area contributed by atoms with Crippen LogP contribution in [0.3, 0.4) is 0 Å². The summed E-state index contributed by atoms with van der Waals surface area (Å²) < 4.78 is 2.41. The summed E-state index contributed by atoms with van der Waals surface area (Å²) in [7, 11) is 0. The van der Waals surface area contributed by atoms with Crippen molar-refractivity contribution < 1.29 is 4.79 Å². The molecule has 2 aromatic rings. The number of hydrogen-bond donors (Lipinski definition) is 1. The number of carbonyl (C=O) groups excluding carboxylic acids is 1. The first-order valence-electron chi connectivity index (χ1n) is 10.7. The van der Waals surface area contributed by atoms with E-state index in [-0.39, 0.29) is 5.91 Å². The number of benzene rings is 1. The van der Waals surface area contributed by atoms with Crippen LogP contribution in [0.4, 0.5) is 0 Å². The van der Waals surface area contributed by atoms with Gasteiger partial charge >= 0.3 is 0 Å². The van der Waals surface area contributed by atoms with Gasteiger partial charge in [-0.15, -0.1) is 0 Å². The number of nitrogens with one attached hydrogen (secondary N) is 1. The zero-order valence-corrected chi connectivity index (χ0v) is 17.2. The van der Waals surface area contributed by atoms with E-state index in [2.05, 4.69) is 61.0 Å². The van der Waals surface area contributed by atoms with Crippen LogP contribution >= 0.6 is 0 Å². The van der Waals surface area contributed by atoms with Crippen LogP contribution in [0.5, 0.6) is 0 Å². The van der Waals surface area contributed by atoms with Gasteiger partial charge in [0, 0.05) is 30.0 Å². The normalized spacial score (nSPS) is 15.1. The summed E-state index contributed by atoms with van der Waals surface area (Å²) in [6, 6.07) is 10.6. The molecule has 0 radical (unpaired) electrons. The highest BCUT2D eigenvalue weighted by Crippen LogP contribution is 2.32. The van der Waals surface area contributed by atoms with Gasteiger partial charge < -0.3 is 9.88 Å². The minimum atomic E-state index is 0.0678. The molecule has 1 saturated carbocycles. The molecule has 1 N–H and O–H groups in total. The molecule has 0 spiro atoms. The van der Waals surface area contributed by atoms with Gasteiger partial charge in [0.15, 0.2) is 0 Å². The molecule has 0 bridgehead atoms. The topological polar surface area (TPSA) is 34.0 Å². The molecule has 3 heteroatoms. The van der Waals surface area contributed by atoms with Gasteiger partial charge in [0.05, 0.1) is 5.56 Å². The minimum Gasteiger partial charge on any atom is -0.352 e. The molecule has 1 aliphatic carbocycles. The lowest BCUT2D eigenvalue weighted by molar-refractivity contribution is 0.0952. The first-order chi connectivity index (χ1) is 13.1. The van der Waals surface area contributed by atoms with Crippen LogP contribution in [0.25, 0.3) is 11.3 Å². The van der Waals surface area contributed by atoms with Crippen molar-refractivity contribution in [2.75, 3.05) is 6.54 Å². The van der Waals surface area contributed by atoms with Crippen molar-refractivity contribution >= 4 is 5.91 Å². The molecule has 146 valence electrons. The average Bonchev–Trinajstić information content (AvgIpc) is 3.00. The first kappa shape index (κ1) is 19.7. The Hall–Kier alpha value is -2.03. The van der Waals surface area contributed by atoms with E-state index in [0.717, 1.165) is 43.1 Å². The van der Waals surface area contributed by atoms with E-state index in [0.29, 0.717) is 0 Å². The summed E-state index contributed by atoms with van der Waals surface area (Å²) in [5, 5.41) is 3.10. The summed E-state index contributed by atoms with van der Waals surface area (Å²) in [6.07, 6.45) is 8.79. The van der Waals surface area contributed by atoms with Gasteiger partial charge in [-0.05, 0) is 50.7 Å². The van der Waals surface area contributed by atoms with Crippen molar-refractivity contribution in [2.24, 2.45) is 5.92 Å². The molecule has 1 aliphatic rings. The van der Waals surface area contributed by atoms with Crippen LogP contribution < -0.4 is 5.32 Å². The summed E-state index contributed by atoms with van der Waals surface area (Å²) >= 11 is 0. The minimum absolute atomic E-state index is 0.0678. The Morgan fingerprint density at radius 1 is 1.15 bits per heavy atom. The molecule has 1 amide bonds. The number of unbranched alkanes of at least 4 members (excludes halogenated alkanes) is 1. The summed E-state index contributed by atoms with van der Waals surface area (Å²) in [5.41, 5.74) is 5.63. The Balaban J connectivity index is 1.95. The Morgan fingerprint density at radius 3 is 2.59 bits per heavy atom. The number of nitrogens with zero attached hydrogens (tertiary/aromatic N) is 1. The summed E-state index contributed by atoms with van der Waals surface area (Å²) in [5.74, 6) is 0.793. The van der Waals surface area contributed by atoms with Gasteiger partial charge in [0.25, 0.3) is 5.91 Å². The molecule has 1 fully saturated rings. The van der Waals surface area contributed by atoms with Gasteiger partial charge in [-0.3, -0.25) is 4.79 Å². The smallest absolute Gasteiger partial charge is 0.253 e. The fraction of sp³-hybridized carbons (Fsp3) is 0.542. The van der Waals surface area contributed by atoms with E-state index >= 15 is 0 Å². The molecule has 0 unspecified atom stereocenters. The molecular formula is C24H34N2O. The third-order valence-electron chi connectivity index (χ3n) is 6.01. The predicted octanol–water partition coefficient (Wildman–Crippen LogP) is 5.88. The zero-order valence-electron chi connectivity index (χ0n) is 17.2. The molecular weight excluding hydrogens is 332 g/mol. The van der Waals surface area contributed by atoms with E-state index < -0.39 is 0 Å². The van der Waals surface area contributed by atoms with Crippen molar-refractivity contribution in [2.45, 2.75) is 72.3 Å². The number of amides is 1. The number of hydrogen-bond acceptors (Lipinski definition) is 1. The Labute approximate surface area is 164 Å². The largest absolute Gasteiger partial charge is 0.352 e. The van der Waals surface area contributed by atoms with E-state index in [9.17, 15) is 4.79 Å². The second-order valence-corrected chi connectivity index (χ2v) is 8.07. The molecule has 0 saturated heterocycles.